The second-order valence-corrected chi connectivity index (χ2v) is 8.15. The van der Waals surface area contributed by atoms with Crippen molar-refractivity contribution in [1.82, 2.24) is 0 Å². The Morgan fingerprint density at radius 3 is 2.34 bits per heavy atom. The number of benzene rings is 2. The Morgan fingerprint density at radius 1 is 1.07 bits per heavy atom. The molecule has 0 spiro atoms. The first-order valence-electron chi connectivity index (χ1n) is 10.9. The van der Waals surface area contributed by atoms with Gasteiger partial charge in [0.25, 0.3) is 0 Å². The fraction of sp³-hybridized carbons (Fsp3) is 0.423. The Labute approximate surface area is 173 Å². The maximum absolute atomic E-state index is 14.4. The van der Waals surface area contributed by atoms with E-state index in [1.165, 1.54) is 43.7 Å². The quantitative estimate of drug-likeness (QED) is 0.519. The molecule has 2 aromatic rings. The van der Waals surface area contributed by atoms with E-state index in [1.54, 1.807) is 18.2 Å². The molecule has 29 heavy (non-hydrogen) atoms. The Hall–Kier alpha value is -2.42. The lowest BCUT2D eigenvalue weighted by molar-refractivity contribution is 0.0697. The van der Waals surface area contributed by atoms with E-state index in [9.17, 15) is 14.3 Å². The monoisotopic (exact) mass is 394 g/mol. The van der Waals surface area contributed by atoms with Crippen LogP contribution in [0.4, 0.5) is 4.39 Å². The minimum absolute atomic E-state index is 0.202. The van der Waals surface area contributed by atoms with Crippen molar-refractivity contribution < 1.29 is 14.3 Å². The molecular weight excluding hydrogens is 363 g/mol. The van der Waals surface area contributed by atoms with Gasteiger partial charge in [0.1, 0.15) is 5.83 Å². The van der Waals surface area contributed by atoms with E-state index in [1.807, 2.05) is 19.1 Å². The van der Waals surface area contributed by atoms with Crippen molar-refractivity contribution in [3.05, 3.63) is 65.2 Å². The highest BCUT2D eigenvalue weighted by molar-refractivity contribution is 5.96. The van der Waals surface area contributed by atoms with Crippen LogP contribution in [0.5, 0.6) is 0 Å². The van der Waals surface area contributed by atoms with E-state index in [2.05, 4.69) is 19.1 Å². The maximum Gasteiger partial charge on any atom is 0.336 e. The molecule has 3 heteroatoms. The molecule has 1 fully saturated rings. The van der Waals surface area contributed by atoms with Crippen LogP contribution in [0.25, 0.3) is 17.0 Å². The zero-order valence-electron chi connectivity index (χ0n) is 17.5. The van der Waals surface area contributed by atoms with Gasteiger partial charge in [-0.05, 0) is 78.8 Å². The summed E-state index contributed by atoms with van der Waals surface area (Å²) < 4.78 is 14.4. The van der Waals surface area contributed by atoms with Crippen molar-refractivity contribution in [2.24, 2.45) is 5.92 Å². The van der Waals surface area contributed by atoms with Crippen LogP contribution >= 0.6 is 0 Å². The average molecular weight is 395 g/mol. The topological polar surface area (TPSA) is 37.3 Å². The van der Waals surface area contributed by atoms with Crippen molar-refractivity contribution in [1.29, 1.82) is 0 Å². The van der Waals surface area contributed by atoms with Crippen molar-refractivity contribution >= 4 is 11.8 Å². The Kier molecular flexibility index (Phi) is 7.24. The number of hydrogen-bond donors (Lipinski definition) is 1. The van der Waals surface area contributed by atoms with Crippen LogP contribution in [-0.4, -0.2) is 11.1 Å². The number of hydrogen-bond acceptors (Lipinski definition) is 1. The predicted octanol–water partition coefficient (Wildman–Crippen LogP) is 7.85. The molecule has 0 amide bonds. The lowest BCUT2D eigenvalue weighted by atomic mass is 9.77. The van der Waals surface area contributed by atoms with Crippen LogP contribution in [-0.2, 0) is 0 Å². The van der Waals surface area contributed by atoms with Gasteiger partial charge in [0, 0.05) is 5.56 Å². The van der Waals surface area contributed by atoms with E-state index in [-0.39, 0.29) is 11.4 Å². The summed E-state index contributed by atoms with van der Waals surface area (Å²) in [6.07, 6.45) is 9.39. The fourth-order valence-electron chi connectivity index (χ4n) is 4.35. The molecule has 0 aromatic heterocycles. The summed E-state index contributed by atoms with van der Waals surface area (Å²) in [6.45, 7) is 4.27. The number of carbonyl (C=O) groups is 1. The lowest BCUT2D eigenvalue weighted by Gasteiger charge is -2.28. The molecule has 2 nitrogen and oxygen atoms in total. The van der Waals surface area contributed by atoms with E-state index < -0.39 is 5.97 Å². The SMILES string of the molecule is CCC/C=C(/F)c1ccc(C(=O)O)c(-c2ccc(C3CCC(CC)CC3)cc2)c1. The summed E-state index contributed by atoms with van der Waals surface area (Å²) in [7, 11) is 0. The number of rotatable bonds is 7. The number of aromatic carboxylic acids is 1. The maximum atomic E-state index is 14.4. The summed E-state index contributed by atoms with van der Waals surface area (Å²) in [6, 6.07) is 12.9. The molecule has 1 aliphatic rings. The highest BCUT2D eigenvalue weighted by atomic mass is 19.1. The smallest absolute Gasteiger partial charge is 0.336 e. The van der Waals surface area contributed by atoms with Gasteiger partial charge in [0.05, 0.1) is 5.56 Å². The zero-order chi connectivity index (χ0) is 20.8. The van der Waals surface area contributed by atoms with Crippen LogP contribution in [0.1, 0.15) is 86.2 Å². The molecule has 0 saturated heterocycles. The van der Waals surface area contributed by atoms with E-state index in [4.69, 9.17) is 0 Å². The molecule has 0 bridgehead atoms. The molecule has 154 valence electrons. The van der Waals surface area contributed by atoms with Gasteiger partial charge in [-0.3, -0.25) is 0 Å². The Bertz CT molecular complexity index is 859. The third-order valence-electron chi connectivity index (χ3n) is 6.26. The molecule has 1 N–H and O–H groups in total. The third-order valence-corrected chi connectivity index (χ3v) is 6.26. The van der Waals surface area contributed by atoms with Gasteiger partial charge in [0.15, 0.2) is 0 Å². The van der Waals surface area contributed by atoms with Crippen LogP contribution in [0.15, 0.2) is 48.5 Å². The summed E-state index contributed by atoms with van der Waals surface area (Å²) in [5, 5.41) is 9.60. The molecule has 1 aliphatic carbocycles. The molecule has 1 saturated carbocycles. The van der Waals surface area contributed by atoms with Gasteiger partial charge in [0.2, 0.25) is 0 Å². The Balaban J connectivity index is 1.87. The summed E-state index contributed by atoms with van der Waals surface area (Å²) >= 11 is 0. The molecule has 3 rings (SSSR count). The largest absolute Gasteiger partial charge is 0.478 e. The van der Waals surface area contributed by atoms with E-state index in [0.29, 0.717) is 23.5 Å². The van der Waals surface area contributed by atoms with Crippen LogP contribution < -0.4 is 0 Å². The lowest BCUT2D eigenvalue weighted by Crippen LogP contribution is -2.12. The van der Waals surface area contributed by atoms with Gasteiger partial charge < -0.3 is 5.11 Å². The molecule has 0 radical (unpaired) electrons. The van der Waals surface area contributed by atoms with E-state index in [0.717, 1.165) is 17.9 Å². The van der Waals surface area contributed by atoms with Crippen molar-refractivity contribution in [3.63, 3.8) is 0 Å². The van der Waals surface area contributed by atoms with Gasteiger partial charge in [-0.1, -0.05) is 57.0 Å². The van der Waals surface area contributed by atoms with Crippen LogP contribution in [0.3, 0.4) is 0 Å². The number of carboxylic acids is 1. The number of carboxylic acid groups (broad SMARTS) is 1. The normalized spacial score (nSPS) is 19.9. The minimum atomic E-state index is -0.994. The zero-order valence-corrected chi connectivity index (χ0v) is 17.5. The van der Waals surface area contributed by atoms with Gasteiger partial charge in [-0.15, -0.1) is 0 Å². The van der Waals surface area contributed by atoms with Crippen LogP contribution in [0, 0.1) is 5.92 Å². The third kappa shape index (κ3) is 5.14. The predicted molar refractivity (Wildman–Crippen MR) is 118 cm³/mol. The fourth-order valence-corrected chi connectivity index (χ4v) is 4.35. The second kappa shape index (κ2) is 9.87. The molecule has 0 aliphatic heterocycles. The molecule has 0 unspecified atom stereocenters. The van der Waals surface area contributed by atoms with Gasteiger partial charge in [-0.25, -0.2) is 9.18 Å². The number of unbranched alkanes of at least 4 members (excludes halogenated alkanes) is 1. The average Bonchev–Trinajstić information content (AvgIpc) is 2.77. The molecular formula is C26H31FO2. The van der Waals surface area contributed by atoms with E-state index >= 15 is 0 Å². The number of allylic oxidation sites excluding steroid dienone is 1. The highest BCUT2D eigenvalue weighted by Crippen LogP contribution is 2.38. The molecule has 0 heterocycles. The minimum Gasteiger partial charge on any atom is -0.478 e. The number of halogens is 1. The summed E-state index contributed by atoms with van der Waals surface area (Å²) in [4.78, 5) is 11.7. The van der Waals surface area contributed by atoms with Crippen LogP contribution in [0.2, 0.25) is 0 Å². The Morgan fingerprint density at radius 2 is 1.76 bits per heavy atom. The molecule has 0 atom stereocenters. The van der Waals surface area contributed by atoms with Gasteiger partial charge in [-0.2, -0.15) is 0 Å². The second-order valence-electron chi connectivity index (χ2n) is 8.15. The first-order valence-corrected chi connectivity index (χ1v) is 10.9. The van der Waals surface area contributed by atoms with Crippen molar-refractivity contribution in [2.45, 2.75) is 64.7 Å². The first kappa shape index (κ1) is 21.3. The summed E-state index contributed by atoms with van der Waals surface area (Å²) in [5.74, 6) is 0.161. The summed E-state index contributed by atoms with van der Waals surface area (Å²) in [5.41, 5.74) is 3.34. The van der Waals surface area contributed by atoms with Gasteiger partial charge >= 0.3 is 5.97 Å². The molecule has 2 aromatic carbocycles. The van der Waals surface area contributed by atoms with Crippen molar-refractivity contribution in [2.75, 3.05) is 0 Å². The first-order chi connectivity index (χ1) is 14.0. The van der Waals surface area contributed by atoms with Crippen molar-refractivity contribution in [3.8, 4) is 11.1 Å². The highest BCUT2D eigenvalue weighted by Gasteiger charge is 2.21. The standard InChI is InChI=1S/C26H31FO2/c1-3-5-6-25(27)22-15-16-23(26(28)29)24(17-22)21-13-11-20(12-14-21)19-9-7-18(4-2)8-10-19/h6,11-19H,3-5,7-10H2,1-2H3,(H,28,29)/b25-6+.